The molecule has 0 aromatic carbocycles. The Balaban J connectivity index is 2.26. The average molecular weight is 149 g/mol. The maximum absolute atomic E-state index is 3.45. The van der Waals surface area contributed by atoms with E-state index in [1.54, 1.807) is 0 Å². The standard InChI is InChI=1S/C8H11N3/c1-5-6(2-9-1)8-4-10-3-7(5)11-8/h9-11H,1-4H2. The van der Waals surface area contributed by atoms with Gasteiger partial charge in [0.05, 0.1) is 0 Å². The van der Waals surface area contributed by atoms with Crippen LogP contribution in [0.15, 0.2) is 0 Å². The van der Waals surface area contributed by atoms with E-state index in [0.717, 1.165) is 26.2 Å². The first-order valence-electron chi connectivity index (χ1n) is 4.08. The third-order valence-corrected chi connectivity index (χ3v) is 2.60. The molecule has 3 heteroatoms. The molecule has 0 aliphatic carbocycles. The lowest BCUT2D eigenvalue weighted by Gasteiger charge is -2.09. The summed E-state index contributed by atoms with van der Waals surface area (Å²) in [6, 6.07) is 0. The van der Waals surface area contributed by atoms with Gasteiger partial charge < -0.3 is 15.6 Å². The zero-order valence-corrected chi connectivity index (χ0v) is 6.33. The van der Waals surface area contributed by atoms with Gasteiger partial charge in [0.2, 0.25) is 0 Å². The summed E-state index contributed by atoms with van der Waals surface area (Å²) in [6.07, 6.45) is 0. The fourth-order valence-corrected chi connectivity index (χ4v) is 2.05. The summed E-state index contributed by atoms with van der Waals surface area (Å²) in [4.78, 5) is 3.45. The van der Waals surface area contributed by atoms with Crippen molar-refractivity contribution in [2.75, 3.05) is 0 Å². The molecule has 0 spiro atoms. The molecule has 1 aromatic heterocycles. The monoisotopic (exact) mass is 149 g/mol. The molecule has 0 unspecified atom stereocenters. The zero-order valence-electron chi connectivity index (χ0n) is 6.33. The van der Waals surface area contributed by atoms with Gasteiger partial charge in [-0.1, -0.05) is 0 Å². The van der Waals surface area contributed by atoms with Crippen LogP contribution in [-0.2, 0) is 26.2 Å². The Labute approximate surface area is 65.2 Å². The van der Waals surface area contributed by atoms with Gasteiger partial charge in [-0.25, -0.2) is 0 Å². The molecule has 3 heterocycles. The Morgan fingerprint density at radius 1 is 0.727 bits per heavy atom. The van der Waals surface area contributed by atoms with Crippen molar-refractivity contribution in [3.63, 3.8) is 0 Å². The van der Waals surface area contributed by atoms with Crippen LogP contribution in [0.1, 0.15) is 22.5 Å². The number of hydrogen-bond acceptors (Lipinski definition) is 2. The predicted molar refractivity (Wildman–Crippen MR) is 41.9 cm³/mol. The third kappa shape index (κ3) is 0.645. The molecule has 0 fully saturated rings. The van der Waals surface area contributed by atoms with Gasteiger partial charge in [0, 0.05) is 37.6 Å². The van der Waals surface area contributed by atoms with E-state index in [0.29, 0.717) is 0 Å². The number of hydrogen-bond donors (Lipinski definition) is 3. The van der Waals surface area contributed by atoms with E-state index in [1.807, 2.05) is 0 Å². The largest absolute Gasteiger partial charge is 0.360 e. The molecule has 2 aliphatic rings. The Bertz CT molecular complexity index is 274. The molecule has 1 aromatic rings. The first-order valence-corrected chi connectivity index (χ1v) is 4.08. The minimum Gasteiger partial charge on any atom is -0.360 e. The molecule has 58 valence electrons. The van der Waals surface area contributed by atoms with E-state index < -0.39 is 0 Å². The lowest BCUT2D eigenvalue weighted by Crippen LogP contribution is -2.19. The van der Waals surface area contributed by atoms with Crippen LogP contribution in [0.2, 0.25) is 0 Å². The van der Waals surface area contributed by atoms with E-state index in [2.05, 4.69) is 15.6 Å². The van der Waals surface area contributed by atoms with Gasteiger partial charge in [-0.15, -0.1) is 0 Å². The minimum absolute atomic E-state index is 1.02. The number of nitrogens with one attached hydrogen (secondary N) is 3. The molecule has 3 rings (SSSR count). The molecule has 2 aliphatic heterocycles. The highest BCUT2D eigenvalue weighted by Gasteiger charge is 2.23. The Hall–Kier alpha value is -0.800. The average Bonchev–Trinajstić information content (AvgIpc) is 2.58. The van der Waals surface area contributed by atoms with Crippen LogP contribution >= 0.6 is 0 Å². The molecular formula is C8H11N3. The summed E-state index contributed by atoms with van der Waals surface area (Å²) in [5, 5.41) is 6.74. The van der Waals surface area contributed by atoms with Gasteiger partial charge in [0.15, 0.2) is 0 Å². The second kappa shape index (κ2) is 1.87. The second-order valence-electron chi connectivity index (χ2n) is 3.25. The van der Waals surface area contributed by atoms with Gasteiger partial charge in [-0.3, -0.25) is 0 Å². The van der Waals surface area contributed by atoms with Crippen LogP contribution in [0, 0.1) is 0 Å². The van der Waals surface area contributed by atoms with Crippen LogP contribution < -0.4 is 10.6 Å². The van der Waals surface area contributed by atoms with E-state index in [-0.39, 0.29) is 0 Å². The van der Waals surface area contributed by atoms with E-state index in [9.17, 15) is 0 Å². The Morgan fingerprint density at radius 2 is 1.27 bits per heavy atom. The number of H-pyrrole nitrogens is 1. The molecule has 2 bridgehead atoms. The van der Waals surface area contributed by atoms with Gasteiger partial charge in [0.25, 0.3) is 0 Å². The minimum atomic E-state index is 1.02. The van der Waals surface area contributed by atoms with Crippen molar-refractivity contribution in [3.05, 3.63) is 22.5 Å². The maximum atomic E-state index is 3.45. The molecule has 0 saturated heterocycles. The van der Waals surface area contributed by atoms with Crippen molar-refractivity contribution in [2.45, 2.75) is 26.2 Å². The van der Waals surface area contributed by atoms with Crippen molar-refractivity contribution < 1.29 is 0 Å². The molecule has 0 atom stereocenters. The fraction of sp³-hybridized carbons (Fsp3) is 0.500. The number of aromatic amines is 1. The lowest BCUT2D eigenvalue weighted by atomic mass is 10.2. The summed E-state index contributed by atoms with van der Waals surface area (Å²) in [5.41, 5.74) is 5.83. The van der Waals surface area contributed by atoms with Crippen LogP contribution in [0.4, 0.5) is 0 Å². The van der Waals surface area contributed by atoms with Gasteiger partial charge >= 0.3 is 0 Å². The lowest BCUT2D eigenvalue weighted by molar-refractivity contribution is 0.619. The van der Waals surface area contributed by atoms with E-state index in [4.69, 9.17) is 0 Å². The topological polar surface area (TPSA) is 39.9 Å². The normalized spacial score (nSPS) is 20.4. The van der Waals surface area contributed by atoms with Crippen molar-refractivity contribution >= 4 is 0 Å². The maximum Gasteiger partial charge on any atom is 0.0364 e. The predicted octanol–water partition coefficient (Wildman–Crippen LogP) is 0.221. The van der Waals surface area contributed by atoms with Crippen LogP contribution in [0.25, 0.3) is 0 Å². The summed E-state index contributed by atoms with van der Waals surface area (Å²) >= 11 is 0. The Kier molecular flexibility index (Phi) is 0.985. The van der Waals surface area contributed by atoms with Crippen LogP contribution in [0.5, 0.6) is 0 Å². The fourth-order valence-electron chi connectivity index (χ4n) is 2.05. The summed E-state index contributed by atoms with van der Waals surface area (Å²) in [5.74, 6) is 0. The van der Waals surface area contributed by atoms with Crippen LogP contribution in [-0.4, -0.2) is 4.98 Å². The van der Waals surface area contributed by atoms with Crippen molar-refractivity contribution in [3.8, 4) is 0 Å². The third-order valence-electron chi connectivity index (χ3n) is 2.60. The molecular weight excluding hydrogens is 138 g/mol. The number of aromatic nitrogens is 1. The molecule has 0 saturated carbocycles. The number of fused-ring (bicyclic) bond motifs is 5. The van der Waals surface area contributed by atoms with Crippen molar-refractivity contribution in [2.24, 2.45) is 0 Å². The first-order chi connectivity index (χ1) is 5.45. The second-order valence-corrected chi connectivity index (χ2v) is 3.25. The summed E-state index contributed by atoms with van der Waals surface area (Å²) in [7, 11) is 0. The van der Waals surface area contributed by atoms with Crippen LogP contribution in [0.3, 0.4) is 0 Å². The zero-order chi connectivity index (χ0) is 7.26. The van der Waals surface area contributed by atoms with Crippen molar-refractivity contribution in [1.82, 2.24) is 15.6 Å². The van der Waals surface area contributed by atoms with Gasteiger partial charge in [0.1, 0.15) is 0 Å². The van der Waals surface area contributed by atoms with Crippen molar-refractivity contribution in [1.29, 1.82) is 0 Å². The summed E-state index contributed by atoms with van der Waals surface area (Å²) in [6.45, 7) is 4.15. The molecule has 0 amide bonds. The SMILES string of the molecule is C1NCc2[nH]c1c1c2CNC1. The molecule has 0 radical (unpaired) electrons. The number of rotatable bonds is 0. The van der Waals surface area contributed by atoms with Gasteiger partial charge in [-0.2, -0.15) is 0 Å². The molecule has 11 heavy (non-hydrogen) atoms. The molecule has 3 nitrogen and oxygen atoms in total. The smallest absolute Gasteiger partial charge is 0.0364 e. The van der Waals surface area contributed by atoms with E-state index >= 15 is 0 Å². The molecule has 3 N–H and O–H groups in total. The highest BCUT2D eigenvalue weighted by atomic mass is 15.0. The van der Waals surface area contributed by atoms with E-state index in [1.165, 1.54) is 22.5 Å². The highest BCUT2D eigenvalue weighted by molar-refractivity contribution is 5.41. The first kappa shape index (κ1) is 5.80. The quantitative estimate of drug-likeness (QED) is 0.494. The highest BCUT2D eigenvalue weighted by Crippen LogP contribution is 2.26. The van der Waals surface area contributed by atoms with Gasteiger partial charge in [-0.05, 0) is 11.1 Å². The Morgan fingerprint density at radius 3 is 1.91 bits per heavy atom. The summed E-state index contributed by atoms with van der Waals surface area (Å²) < 4.78 is 0.